The lowest BCUT2D eigenvalue weighted by Gasteiger charge is -2.20. The van der Waals surface area contributed by atoms with E-state index in [1.165, 1.54) is 0 Å². The van der Waals surface area contributed by atoms with E-state index >= 15 is 0 Å². The van der Waals surface area contributed by atoms with Crippen molar-refractivity contribution in [1.29, 1.82) is 0 Å². The van der Waals surface area contributed by atoms with Gasteiger partial charge in [0.2, 0.25) is 5.91 Å². The van der Waals surface area contributed by atoms with E-state index in [1.54, 1.807) is 4.90 Å². The molecule has 1 saturated heterocycles. The molecule has 1 aliphatic rings. The smallest absolute Gasteiger partial charge is 0.231 e. The number of rotatable bonds is 3. The maximum Gasteiger partial charge on any atom is 0.231 e. The number of primary amides is 1. The predicted octanol–water partition coefficient (Wildman–Crippen LogP) is -0.314. The molecule has 1 heterocycles. The highest BCUT2D eigenvalue weighted by atomic mass is 35.5. The van der Waals surface area contributed by atoms with Crippen LogP contribution in [0.1, 0.15) is 6.42 Å². The Bertz CT molecular complexity index is 184. The quantitative estimate of drug-likeness (QED) is 0.719. The predicted molar refractivity (Wildman–Crippen MR) is 57.6 cm³/mol. The molecule has 86 valence electrons. The summed E-state index contributed by atoms with van der Waals surface area (Å²) in [5.74, 6) is -0.428. The van der Waals surface area contributed by atoms with Crippen LogP contribution in [-0.4, -0.2) is 42.7 Å². The van der Waals surface area contributed by atoms with E-state index in [2.05, 4.69) is 0 Å². The molecule has 1 rings (SSSR count). The average molecular weight is 248 g/mol. The van der Waals surface area contributed by atoms with Crippen molar-refractivity contribution in [3.63, 3.8) is 0 Å². The van der Waals surface area contributed by atoms with Crippen LogP contribution in [0.4, 0.5) is 4.39 Å². The number of halogens is 3. The van der Waals surface area contributed by atoms with Crippen LogP contribution in [0, 0.1) is 0 Å². The molecule has 0 saturated carbocycles. The largest absolute Gasteiger partial charge is 0.369 e. The lowest BCUT2D eigenvalue weighted by Crippen LogP contribution is -2.40. The number of carbonyl (C=O) groups is 1. The van der Waals surface area contributed by atoms with Crippen molar-refractivity contribution in [2.75, 3.05) is 19.6 Å². The van der Waals surface area contributed by atoms with Gasteiger partial charge in [0, 0.05) is 19.1 Å². The lowest BCUT2D eigenvalue weighted by atomic mass is 10.2. The van der Waals surface area contributed by atoms with Gasteiger partial charge in [-0.3, -0.25) is 9.69 Å². The molecule has 0 aromatic rings. The van der Waals surface area contributed by atoms with Gasteiger partial charge in [-0.25, -0.2) is 4.39 Å². The summed E-state index contributed by atoms with van der Waals surface area (Å²) >= 11 is 0. The topological polar surface area (TPSA) is 72.3 Å². The first-order chi connectivity index (χ1) is 5.63. The molecule has 4 nitrogen and oxygen atoms in total. The van der Waals surface area contributed by atoms with Gasteiger partial charge in [0.15, 0.2) is 0 Å². The molecular weight excluding hydrogens is 232 g/mol. The van der Waals surface area contributed by atoms with E-state index in [0.29, 0.717) is 13.0 Å². The fraction of sp³-hybridized carbons (Fsp3) is 0.857. The Morgan fingerprint density at radius 2 is 2.07 bits per heavy atom. The van der Waals surface area contributed by atoms with Crippen molar-refractivity contribution in [3.8, 4) is 0 Å². The SMILES string of the molecule is Cl.Cl.NC[C@@H]1C[C@H](F)CN1CC(N)=O. The van der Waals surface area contributed by atoms with Gasteiger partial charge in [0.1, 0.15) is 6.17 Å². The van der Waals surface area contributed by atoms with Crippen LogP contribution >= 0.6 is 24.8 Å². The molecule has 14 heavy (non-hydrogen) atoms. The monoisotopic (exact) mass is 247 g/mol. The minimum Gasteiger partial charge on any atom is -0.369 e. The summed E-state index contributed by atoms with van der Waals surface area (Å²) in [6.07, 6.45) is -0.443. The number of hydrogen-bond acceptors (Lipinski definition) is 3. The van der Waals surface area contributed by atoms with Crippen molar-refractivity contribution < 1.29 is 9.18 Å². The zero-order valence-electron chi connectivity index (χ0n) is 7.69. The standard InChI is InChI=1S/C7H14FN3O.2ClH/c8-5-1-6(2-9)11(3-5)4-7(10)12;;/h5-6H,1-4,9H2,(H2,10,12);2*1H/t5-,6-;;/m0../s1. The van der Waals surface area contributed by atoms with Crippen LogP contribution < -0.4 is 11.5 Å². The van der Waals surface area contributed by atoms with E-state index in [4.69, 9.17) is 11.5 Å². The van der Waals surface area contributed by atoms with E-state index in [1.807, 2.05) is 0 Å². The summed E-state index contributed by atoms with van der Waals surface area (Å²) in [6, 6.07) is -0.0208. The molecule has 0 radical (unpaired) electrons. The summed E-state index contributed by atoms with van der Waals surface area (Å²) in [5, 5.41) is 0. The summed E-state index contributed by atoms with van der Waals surface area (Å²) < 4.78 is 12.8. The van der Waals surface area contributed by atoms with Gasteiger partial charge < -0.3 is 11.5 Å². The molecular formula is C7H16Cl2FN3O. The highest BCUT2D eigenvalue weighted by Gasteiger charge is 2.31. The minimum absolute atomic E-state index is 0. The Morgan fingerprint density at radius 1 is 1.50 bits per heavy atom. The van der Waals surface area contributed by atoms with Crippen molar-refractivity contribution in [2.45, 2.75) is 18.6 Å². The summed E-state index contributed by atoms with van der Waals surface area (Å²) in [5.41, 5.74) is 10.4. The first-order valence-electron chi connectivity index (χ1n) is 4.00. The van der Waals surface area contributed by atoms with Crippen molar-refractivity contribution in [1.82, 2.24) is 4.90 Å². The number of alkyl halides is 1. The molecule has 1 amide bonds. The molecule has 7 heteroatoms. The van der Waals surface area contributed by atoms with Crippen molar-refractivity contribution in [2.24, 2.45) is 11.5 Å². The zero-order chi connectivity index (χ0) is 9.14. The first-order valence-corrected chi connectivity index (χ1v) is 4.00. The maximum atomic E-state index is 12.8. The molecule has 0 spiro atoms. The third-order valence-electron chi connectivity index (χ3n) is 2.11. The van der Waals surface area contributed by atoms with Gasteiger partial charge in [-0.1, -0.05) is 0 Å². The molecule has 2 atom stereocenters. The Labute approximate surface area is 95.0 Å². The Balaban J connectivity index is 0. The molecule has 1 fully saturated rings. The number of nitrogens with zero attached hydrogens (tertiary/aromatic N) is 1. The Morgan fingerprint density at radius 3 is 2.50 bits per heavy atom. The maximum absolute atomic E-state index is 12.8. The van der Waals surface area contributed by atoms with Crippen molar-refractivity contribution in [3.05, 3.63) is 0 Å². The van der Waals surface area contributed by atoms with Crippen LogP contribution in [0.2, 0.25) is 0 Å². The third-order valence-corrected chi connectivity index (χ3v) is 2.11. The second-order valence-corrected chi connectivity index (χ2v) is 3.12. The van der Waals surface area contributed by atoms with Crippen LogP contribution in [0.3, 0.4) is 0 Å². The van der Waals surface area contributed by atoms with Gasteiger partial charge >= 0.3 is 0 Å². The van der Waals surface area contributed by atoms with Crippen LogP contribution in [0.5, 0.6) is 0 Å². The fourth-order valence-corrected chi connectivity index (χ4v) is 1.56. The molecule has 0 aliphatic carbocycles. The molecule has 0 aromatic carbocycles. The van der Waals surface area contributed by atoms with Gasteiger partial charge in [0.25, 0.3) is 0 Å². The van der Waals surface area contributed by atoms with Crippen molar-refractivity contribution >= 4 is 30.7 Å². The fourth-order valence-electron chi connectivity index (χ4n) is 1.56. The number of hydrogen-bond donors (Lipinski definition) is 2. The second kappa shape index (κ2) is 7.23. The van der Waals surface area contributed by atoms with E-state index < -0.39 is 12.1 Å². The van der Waals surface area contributed by atoms with E-state index in [0.717, 1.165) is 0 Å². The number of likely N-dealkylation sites (tertiary alicyclic amines) is 1. The summed E-state index contributed by atoms with van der Waals surface area (Å²) in [4.78, 5) is 12.2. The van der Waals surface area contributed by atoms with Gasteiger partial charge in [-0.15, -0.1) is 24.8 Å². The molecule has 0 unspecified atom stereocenters. The molecule has 4 N–H and O–H groups in total. The third kappa shape index (κ3) is 4.41. The van der Waals surface area contributed by atoms with Crippen LogP contribution in [0.25, 0.3) is 0 Å². The average Bonchev–Trinajstić information content (AvgIpc) is 2.29. The summed E-state index contributed by atoms with van der Waals surface area (Å²) in [6.45, 7) is 0.779. The van der Waals surface area contributed by atoms with Gasteiger partial charge in [-0.2, -0.15) is 0 Å². The Hall–Kier alpha value is -0.100. The highest BCUT2D eigenvalue weighted by molar-refractivity contribution is 5.85. The van der Waals surface area contributed by atoms with E-state index in [-0.39, 0.29) is 43.9 Å². The Kier molecular flexibility index (Phi) is 8.43. The van der Waals surface area contributed by atoms with Gasteiger partial charge in [-0.05, 0) is 6.42 Å². The van der Waals surface area contributed by atoms with Gasteiger partial charge in [0.05, 0.1) is 6.54 Å². The molecule has 0 bridgehead atoms. The normalized spacial score (nSPS) is 26.4. The van der Waals surface area contributed by atoms with Crippen LogP contribution in [-0.2, 0) is 4.79 Å². The lowest BCUT2D eigenvalue weighted by molar-refractivity contribution is -0.119. The van der Waals surface area contributed by atoms with Crippen LogP contribution in [0.15, 0.2) is 0 Å². The zero-order valence-corrected chi connectivity index (χ0v) is 9.32. The minimum atomic E-state index is -0.863. The molecule has 0 aromatic heterocycles. The first kappa shape index (κ1) is 16.3. The molecule has 1 aliphatic heterocycles. The number of amides is 1. The second-order valence-electron chi connectivity index (χ2n) is 3.12. The van der Waals surface area contributed by atoms with E-state index in [9.17, 15) is 9.18 Å². The highest BCUT2D eigenvalue weighted by Crippen LogP contribution is 2.18. The number of carbonyl (C=O) groups excluding carboxylic acids is 1. The number of nitrogens with two attached hydrogens (primary N) is 2. The summed E-state index contributed by atoms with van der Waals surface area (Å²) in [7, 11) is 0.